The zero-order valence-electron chi connectivity index (χ0n) is 16.5. The minimum absolute atomic E-state index is 0.529. The maximum atomic E-state index is 9.55. The highest BCUT2D eigenvalue weighted by Crippen LogP contribution is 2.39. The minimum Gasteiger partial charge on any atom is -0.478 e. The van der Waals surface area contributed by atoms with Crippen molar-refractivity contribution in [3.63, 3.8) is 0 Å². The maximum Gasteiger partial charge on any atom is 0.328 e. The lowest BCUT2D eigenvalue weighted by Gasteiger charge is -2.28. The number of carboxylic acid groups (broad SMARTS) is 2. The number of fused-ring (bicyclic) bond motifs is 1. The molecule has 154 valence electrons. The number of aryl methyl sites for hydroxylation is 1. The summed E-state index contributed by atoms with van der Waals surface area (Å²) in [6.45, 7) is 3.34. The van der Waals surface area contributed by atoms with Crippen LogP contribution in [0.25, 0.3) is 0 Å². The van der Waals surface area contributed by atoms with Crippen molar-refractivity contribution in [2.75, 3.05) is 6.54 Å². The Balaban J connectivity index is 0.000000321. The minimum atomic E-state index is -1.26. The van der Waals surface area contributed by atoms with E-state index < -0.39 is 11.9 Å². The SMILES string of the molecule is CCCNC1CCCc2cccc(Sc3ccccc3)c21.O=C(O)C=CC(=O)O. The molecule has 1 aliphatic rings. The molecule has 0 aliphatic heterocycles. The van der Waals surface area contributed by atoms with Crippen LogP contribution in [0.15, 0.2) is 70.5 Å². The van der Waals surface area contributed by atoms with Crippen LogP contribution in [0.4, 0.5) is 0 Å². The van der Waals surface area contributed by atoms with Gasteiger partial charge < -0.3 is 15.5 Å². The van der Waals surface area contributed by atoms with Gasteiger partial charge in [0.1, 0.15) is 0 Å². The quantitative estimate of drug-likeness (QED) is 0.558. The lowest BCUT2D eigenvalue weighted by molar-refractivity contribution is -0.134. The molecular weight excluding hydrogens is 386 g/mol. The highest BCUT2D eigenvalue weighted by Gasteiger charge is 2.22. The molecule has 3 N–H and O–H groups in total. The van der Waals surface area contributed by atoms with E-state index in [1.807, 2.05) is 11.8 Å². The average Bonchev–Trinajstić information content (AvgIpc) is 2.72. The fourth-order valence-electron chi connectivity index (χ4n) is 3.21. The normalized spacial score (nSPS) is 15.3. The van der Waals surface area contributed by atoms with Crippen LogP contribution in [0, 0.1) is 0 Å². The van der Waals surface area contributed by atoms with Gasteiger partial charge in [-0.15, -0.1) is 0 Å². The van der Waals surface area contributed by atoms with Crippen molar-refractivity contribution in [1.29, 1.82) is 0 Å². The number of hydrogen-bond donors (Lipinski definition) is 3. The molecule has 1 atom stereocenters. The molecule has 29 heavy (non-hydrogen) atoms. The van der Waals surface area contributed by atoms with Crippen LogP contribution in [0.1, 0.15) is 43.4 Å². The summed E-state index contributed by atoms with van der Waals surface area (Å²) in [7, 11) is 0. The second kappa shape index (κ2) is 12.1. The van der Waals surface area contributed by atoms with Crippen molar-refractivity contribution in [3.8, 4) is 0 Å². The van der Waals surface area contributed by atoms with Gasteiger partial charge in [0, 0.05) is 28.0 Å². The Kier molecular flexibility index (Phi) is 9.47. The molecule has 0 aromatic heterocycles. The summed E-state index contributed by atoms with van der Waals surface area (Å²) in [5.74, 6) is -2.51. The molecule has 5 nitrogen and oxygen atoms in total. The molecule has 0 saturated carbocycles. The largest absolute Gasteiger partial charge is 0.478 e. The maximum absolute atomic E-state index is 9.55. The smallest absolute Gasteiger partial charge is 0.328 e. The van der Waals surface area contributed by atoms with Crippen molar-refractivity contribution >= 4 is 23.7 Å². The van der Waals surface area contributed by atoms with Gasteiger partial charge in [-0.3, -0.25) is 0 Å². The predicted octanol–water partition coefficient (Wildman–Crippen LogP) is 4.93. The van der Waals surface area contributed by atoms with Gasteiger partial charge in [0.05, 0.1) is 0 Å². The van der Waals surface area contributed by atoms with Crippen LogP contribution in [-0.4, -0.2) is 28.7 Å². The van der Waals surface area contributed by atoms with Crippen molar-refractivity contribution in [2.24, 2.45) is 0 Å². The number of benzene rings is 2. The number of nitrogens with one attached hydrogen (secondary N) is 1. The molecule has 0 heterocycles. The highest BCUT2D eigenvalue weighted by molar-refractivity contribution is 7.99. The van der Waals surface area contributed by atoms with E-state index >= 15 is 0 Å². The summed E-state index contributed by atoms with van der Waals surface area (Å²) in [4.78, 5) is 21.9. The zero-order chi connectivity index (χ0) is 21.1. The Morgan fingerprint density at radius 3 is 2.38 bits per heavy atom. The Morgan fingerprint density at radius 1 is 1.07 bits per heavy atom. The molecule has 0 amide bonds. The van der Waals surface area contributed by atoms with E-state index in [9.17, 15) is 9.59 Å². The van der Waals surface area contributed by atoms with Crippen LogP contribution in [-0.2, 0) is 16.0 Å². The van der Waals surface area contributed by atoms with Crippen LogP contribution < -0.4 is 5.32 Å². The first kappa shape index (κ1) is 22.7. The summed E-state index contributed by atoms with van der Waals surface area (Å²) < 4.78 is 0. The number of rotatable bonds is 7. The Morgan fingerprint density at radius 2 is 1.76 bits per heavy atom. The Hall–Kier alpha value is -2.57. The van der Waals surface area contributed by atoms with E-state index in [1.54, 1.807) is 5.56 Å². The van der Waals surface area contributed by atoms with Crippen molar-refractivity contribution < 1.29 is 19.8 Å². The predicted molar refractivity (Wildman–Crippen MR) is 115 cm³/mol. The molecule has 6 heteroatoms. The second-order valence-electron chi connectivity index (χ2n) is 6.65. The fraction of sp³-hybridized carbons (Fsp3) is 0.304. The molecule has 0 radical (unpaired) electrons. The third-order valence-electron chi connectivity index (χ3n) is 4.42. The molecule has 2 aromatic rings. The zero-order valence-corrected chi connectivity index (χ0v) is 17.3. The summed E-state index contributed by atoms with van der Waals surface area (Å²) in [5.41, 5.74) is 3.09. The fourth-order valence-corrected chi connectivity index (χ4v) is 4.29. The monoisotopic (exact) mass is 413 g/mol. The van der Waals surface area contributed by atoms with Gasteiger partial charge in [-0.2, -0.15) is 0 Å². The number of carbonyl (C=O) groups is 2. The van der Waals surface area contributed by atoms with Crippen LogP contribution >= 0.6 is 11.8 Å². The van der Waals surface area contributed by atoms with Gasteiger partial charge >= 0.3 is 11.9 Å². The van der Waals surface area contributed by atoms with E-state index in [0.717, 1.165) is 6.54 Å². The molecule has 0 bridgehead atoms. The van der Waals surface area contributed by atoms with E-state index in [2.05, 4.69) is 60.8 Å². The summed E-state index contributed by atoms with van der Waals surface area (Å²) in [6.07, 6.45) is 6.10. The molecule has 2 aromatic carbocycles. The first-order valence-corrected chi connectivity index (χ1v) is 10.5. The topological polar surface area (TPSA) is 86.6 Å². The second-order valence-corrected chi connectivity index (χ2v) is 7.77. The Labute approximate surface area is 175 Å². The van der Waals surface area contributed by atoms with Gasteiger partial charge in [0.15, 0.2) is 0 Å². The van der Waals surface area contributed by atoms with Crippen LogP contribution in [0.2, 0.25) is 0 Å². The van der Waals surface area contributed by atoms with Crippen LogP contribution in [0.3, 0.4) is 0 Å². The summed E-state index contributed by atoms with van der Waals surface area (Å²) >= 11 is 1.90. The summed E-state index contributed by atoms with van der Waals surface area (Å²) in [6, 6.07) is 18.0. The number of carboxylic acids is 2. The standard InChI is InChI=1S/C19H23NS.C4H4O4/c1-2-14-20-17-12-6-8-15-9-7-13-18(19(15)17)21-16-10-4-3-5-11-16;5-3(6)1-2-4(7)8/h3-5,7,9-11,13,17,20H,2,6,8,12,14H2,1H3;1-2H,(H,5,6)(H,7,8). The molecule has 1 unspecified atom stereocenters. The van der Waals surface area contributed by atoms with Crippen molar-refractivity contribution in [2.45, 2.75) is 48.4 Å². The number of hydrogen-bond acceptors (Lipinski definition) is 4. The lowest BCUT2D eigenvalue weighted by Crippen LogP contribution is -2.26. The van der Waals surface area contributed by atoms with E-state index in [0.29, 0.717) is 18.2 Å². The van der Waals surface area contributed by atoms with Gasteiger partial charge in [-0.25, -0.2) is 9.59 Å². The number of aliphatic carboxylic acids is 2. The third kappa shape index (κ3) is 7.75. The van der Waals surface area contributed by atoms with Gasteiger partial charge in [0.25, 0.3) is 0 Å². The molecule has 0 fully saturated rings. The van der Waals surface area contributed by atoms with Crippen molar-refractivity contribution in [1.82, 2.24) is 5.32 Å². The Bertz CT molecular complexity index is 820. The van der Waals surface area contributed by atoms with Gasteiger partial charge in [-0.05, 0) is 61.6 Å². The lowest BCUT2D eigenvalue weighted by atomic mass is 9.87. The first-order valence-electron chi connectivity index (χ1n) is 9.73. The van der Waals surface area contributed by atoms with Gasteiger partial charge in [-0.1, -0.05) is 49.0 Å². The summed E-state index contributed by atoms with van der Waals surface area (Å²) in [5, 5.41) is 19.4. The molecular formula is C23H27NO4S. The van der Waals surface area contributed by atoms with Crippen molar-refractivity contribution in [3.05, 3.63) is 71.8 Å². The van der Waals surface area contributed by atoms with E-state index in [1.165, 1.54) is 41.0 Å². The third-order valence-corrected chi connectivity index (χ3v) is 5.51. The highest BCUT2D eigenvalue weighted by atomic mass is 32.2. The average molecular weight is 414 g/mol. The molecule has 0 saturated heterocycles. The first-order chi connectivity index (χ1) is 14.0. The van der Waals surface area contributed by atoms with Crippen LogP contribution in [0.5, 0.6) is 0 Å². The van der Waals surface area contributed by atoms with E-state index in [-0.39, 0.29) is 0 Å². The molecule has 3 rings (SSSR count). The molecule has 1 aliphatic carbocycles. The van der Waals surface area contributed by atoms with E-state index in [4.69, 9.17) is 10.2 Å². The molecule has 0 spiro atoms. The van der Waals surface area contributed by atoms with Gasteiger partial charge in [0.2, 0.25) is 0 Å².